The molecule has 0 heterocycles. The van der Waals surface area contributed by atoms with Crippen molar-refractivity contribution in [2.45, 2.75) is 88.4 Å². The molecule has 0 radical (unpaired) electrons. The number of allylic oxidation sites excluding steroid dienone is 5. The summed E-state index contributed by atoms with van der Waals surface area (Å²) in [6, 6.07) is 8.46. The van der Waals surface area contributed by atoms with Crippen molar-refractivity contribution in [3.63, 3.8) is 0 Å². The lowest BCUT2D eigenvalue weighted by atomic mass is 9.48. The molecule has 1 aromatic carbocycles. The van der Waals surface area contributed by atoms with Gasteiger partial charge in [-0.25, -0.2) is 8.78 Å². The van der Waals surface area contributed by atoms with Gasteiger partial charge in [0.2, 0.25) is 0 Å². The third-order valence-electron chi connectivity index (χ3n) is 10.4. The summed E-state index contributed by atoms with van der Waals surface area (Å²) in [5.41, 5.74) is 3.74. The highest BCUT2D eigenvalue weighted by molar-refractivity contribution is 8.13. The molecule has 4 aliphatic carbocycles. The lowest BCUT2D eigenvalue weighted by Crippen LogP contribution is -2.59. The molecule has 2 fully saturated rings. The van der Waals surface area contributed by atoms with E-state index < -0.39 is 22.7 Å². The molecule has 0 aromatic heterocycles. The number of hydrogen-bond acceptors (Lipinski definition) is 0. The molecule has 0 amide bonds. The van der Waals surface area contributed by atoms with Crippen LogP contribution in [0.1, 0.15) is 77.2 Å². The van der Waals surface area contributed by atoms with E-state index in [1.165, 1.54) is 23.6 Å². The van der Waals surface area contributed by atoms with Crippen LogP contribution in [0.25, 0.3) is 0 Å². The highest BCUT2D eigenvalue weighted by Gasteiger charge is 2.74. The summed E-state index contributed by atoms with van der Waals surface area (Å²) in [7, 11) is -0.121. The van der Waals surface area contributed by atoms with Gasteiger partial charge in [-0.1, -0.05) is 55.7 Å². The first-order chi connectivity index (χ1) is 16.7. The number of rotatable bonds is 4. The van der Waals surface area contributed by atoms with Gasteiger partial charge in [0, 0.05) is 23.2 Å². The third kappa shape index (κ3) is 3.58. The lowest BCUT2D eigenvalue weighted by molar-refractivity contribution is -0.284. The van der Waals surface area contributed by atoms with E-state index >= 15 is 8.78 Å². The monoisotopic (exact) mass is 518 g/mol. The molecule has 196 valence electrons. The molecular weight excluding hydrogens is 480 g/mol. The van der Waals surface area contributed by atoms with Crippen LogP contribution in [0, 0.1) is 22.7 Å². The zero-order valence-electron chi connectivity index (χ0n) is 21.9. The van der Waals surface area contributed by atoms with Crippen molar-refractivity contribution >= 4 is 16.4 Å². The van der Waals surface area contributed by atoms with E-state index in [2.05, 4.69) is 49.0 Å². The molecule has 0 aliphatic heterocycles. The standard InChI is InChI=1S/C31H38F4S/c1-19-7-13-23-21(17-19)10-14-24-26-15-16-29(3,31(34,35)30(4,32)33)28(26,2)18-25(27(23)24)20-8-11-22(12-9-20)36(5)6/h8-9,11-12,17,24-26H,1,5,7,10,13-16,18H2,2-4,6H3/t24?,25?,26?,28?,29-,36?/m1/s1. The Morgan fingerprint density at radius 1 is 1.00 bits per heavy atom. The summed E-state index contributed by atoms with van der Waals surface area (Å²) in [4.78, 5) is 1.16. The number of hydrogen-bond donors (Lipinski definition) is 0. The van der Waals surface area contributed by atoms with Crippen molar-refractivity contribution in [2.24, 2.45) is 22.7 Å². The highest BCUT2D eigenvalue weighted by Crippen LogP contribution is 2.74. The summed E-state index contributed by atoms with van der Waals surface area (Å²) >= 11 is 0. The highest BCUT2D eigenvalue weighted by atomic mass is 32.2. The molecule has 1 aromatic rings. The summed E-state index contributed by atoms with van der Waals surface area (Å²) in [5, 5.41) is 0. The van der Waals surface area contributed by atoms with Crippen LogP contribution in [0.4, 0.5) is 17.6 Å². The van der Waals surface area contributed by atoms with Crippen LogP contribution >= 0.6 is 10.5 Å². The van der Waals surface area contributed by atoms with Crippen LogP contribution in [0.15, 0.2) is 64.1 Å². The number of halogens is 4. The van der Waals surface area contributed by atoms with Crippen LogP contribution in [0.5, 0.6) is 0 Å². The van der Waals surface area contributed by atoms with Gasteiger partial charge in [-0.3, -0.25) is 0 Å². The number of fused-ring (bicyclic) bond motifs is 4. The topological polar surface area (TPSA) is 0 Å². The summed E-state index contributed by atoms with van der Waals surface area (Å²) in [5.74, 6) is -3.89. The van der Waals surface area contributed by atoms with Gasteiger partial charge < -0.3 is 0 Å². The fourth-order valence-electron chi connectivity index (χ4n) is 8.22. The SMILES string of the molecule is C=C1C=C2CCC3C(=C2CC1)C(c1ccc(S(=C)C)cc1)CC1(C)C3CC[C@@]1(C)C(F)(F)C(C)(F)F. The third-order valence-corrected chi connectivity index (χ3v) is 11.5. The van der Waals surface area contributed by atoms with Gasteiger partial charge >= 0.3 is 11.8 Å². The van der Waals surface area contributed by atoms with Crippen molar-refractivity contribution in [3.8, 4) is 0 Å². The second-order valence-corrected chi connectivity index (χ2v) is 14.0. The lowest BCUT2D eigenvalue weighted by Gasteiger charge is -2.57. The van der Waals surface area contributed by atoms with Crippen LogP contribution in [-0.4, -0.2) is 24.0 Å². The molecule has 5 heteroatoms. The van der Waals surface area contributed by atoms with E-state index in [9.17, 15) is 8.78 Å². The Morgan fingerprint density at radius 2 is 1.67 bits per heavy atom. The first-order valence-corrected chi connectivity index (χ1v) is 14.9. The Balaban J connectivity index is 1.69. The minimum absolute atomic E-state index is 0.0122. The first kappa shape index (κ1) is 26.0. The Hall–Kier alpha value is -1.62. The molecule has 2 saturated carbocycles. The Kier molecular flexibility index (Phi) is 6.10. The van der Waals surface area contributed by atoms with Crippen LogP contribution in [0.2, 0.25) is 0 Å². The summed E-state index contributed by atoms with van der Waals surface area (Å²) in [6.45, 7) is 7.94. The summed E-state index contributed by atoms with van der Waals surface area (Å²) < 4.78 is 60.3. The number of benzene rings is 1. The van der Waals surface area contributed by atoms with E-state index in [-0.39, 0.29) is 34.7 Å². The van der Waals surface area contributed by atoms with Gasteiger partial charge in [0.1, 0.15) is 0 Å². The van der Waals surface area contributed by atoms with Crippen molar-refractivity contribution in [3.05, 3.63) is 64.8 Å². The Labute approximate surface area is 215 Å². The Morgan fingerprint density at radius 3 is 2.28 bits per heavy atom. The zero-order valence-corrected chi connectivity index (χ0v) is 22.7. The molecule has 0 spiro atoms. The van der Waals surface area contributed by atoms with Gasteiger partial charge in [-0.2, -0.15) is 19.3 Å². The van der Waals surface area contributed by atoms with Gasteiger partial charge in [-0.05, 0) is 97.3 Å². The van der Waals surface area contributed by atoms with Crippen LogP contribution in [-0.2, 0) is 0 Å². The molecule has 0 nitrogen and oxygen atoms in total. The van der Waals surface area contributed by atoms with Gasteiger partial charge in [0.25, 0.3) is 0 Å². The van der Waals surface area contributed by atoms with E-state index in [0.29, 0.717) is 19.8 Å². The molecule has 4 aliphatic rings. The predicted molar refractivity (Wildman–Crippen MR) is 143 cm³/mol. The fraction of sp³-hybridized carbons (Fsp3) is 0.581. The largest absolute Gasteiger partial charge is 0.315 e. The summed E-state index contributed by atoms with van der Waals surface area (Å²) in [6.07, 6.45) is 9.16. The maximum absolute atomic E-state index is 15.7. The maximum Gasteiger partial charge on any atom is 0.315 e. The first-order valence-electron chi connectivity index (χ1n) is 13.1. The predicted octanol–water partition coefficient (Wildman–Crippen LogP) is 9.56. The average Bonchev–Trinajstić information content (AvgIpc) is 3.09. The van der Waals surface area contributed by atoms with E-state index in [1.54, 1.807) is 0 Å². The molecule has 5 unspecified atom stereocenters. The minimum atomic E-state index is -4.07. The maximum atomic E-state index is 15.7. The Bertz CT molecular complexity index is 1170. The fourth-order valence-corrected chi connectivity index (χ4v) is 8.83. The minimum Gasteiger partial charge on any atom is -0.200 e. The van der Waals surface area contributed by atoms with Crippen LogP contribution in [0.3, 0.4) is 0 Å². The molecule has 0 saturated heterocycles. The average molecular weight is 519 g/mol. The quantitative estimate of drug-likeness (QED) is 0.275. The molecule has 0 N–H and O–H groups in total. The molecule has 0 bridgehead atoms. The molecule has 36 heavy (non-hydrogen) atoms. The van der Waals surface area contributed by atoms with Crippen LogP contribution < -0.4 is 0 Å². The van der Waals surface area contributed by atoms with Crippen molar-refractivity contribution in [1.82, 2.24) is 0 Å². The van der Waals surface area contributed by atoms with Crippen molar-refractivity contribution in [2.75, 3.05) is 6.26 Å². The smallest absolute Gasteiger partial charge is 0.200 e. The second kappa shape index (κ2) is 8.44. The van der Waals surface area contributed by atoms with Gasteiger partial charge in [0.05, 0.1) is 0 Å². The van der Waals surface area contributed by atoms with Gasteiger partial charge in [0.15, 0.2) is 0 Å². The second-order valence-electron chi connectivity index (χ2n) is 12.2. The van der Waals surface area contributed by atoms with Crippen molar-refractivity contribution < 1.29 is 17.6 Å². The van der Waals surface area contributed by atoms with Gasteiger partial charge in [-0.15, -0.1) is 0 Å². The zero-order chi connectivity index (χ0) is 26.3. The molecule has 6 atom stereocenters. The normalized spacial score (nSPS) is 35.6. The molecule has 5 rings (SSSR count). The van der Waals surface area contributed by atoms with E-state index in [0.717, 1.165) is 41.7 Å². The van der Waals surface area contributed by atoms with E-state index in [4.69, 9.17) is 0 Å². The number of alkyl halides is 4. The molecular formula is C31H38F4S. The van der Waals surface area contributed by atoms with E-state index in [1.807, 2.05) is 6.92 Å². The van der Waals surface area contributed by atoms with Crippen molar-refractivity contribution in [1.29, 1.82) is 0 Å².